The molecule has 0 saturated carbocycles. The van der Waals surface area contributed by atoms with E-state index in [1.165, 1.54) is 5.48 Å². The molecule has 0 unspecified atom stereocenters. The molecular formula is C2H3N3O5S. The van der Waals surface area contributed by atoms with Crippen LogP contribution < -0.4 is 11.2 Å². The number of primary amides is 1. The second-order valence-corrected chi connectivity index (χ2v) is 1.75. The number of urea groups is 1. The Labute approximate surface area is 62.0 Å². The average Bonchev–Trinajstić information content (AvgIpc) is 1.82. The van der Waals surface area contributed by atoms with Crippen molar-refractivity contribution >= 4 is 22.6 Å². The third-order valence-electron chi connectivity index (χ3n) is 0.396. The van der Waals surface area contributed by atoms with E-state index in [-0.39, 0.29) is 0 Å². The fourth-order valence-corrected chi connectivity index (χ4v) is 0.353. The van der Waals surface area contributed by atoms with E-state index in [0.717, 1.165) is 0 Å². The first-order chi connectivity index (χ1) is 5.02. The lowest BCUT2D eigenvalue weighted by atomic mass is 11.1. The molecule has 0 aliphatic heterocycles. The maximum Gasteiger partial charge on any atom is 0.428 e. The maximum absolute atomic E-state index is 10.2. The van der Waals surface area contributed by atoms with Crippen molar-refractivity contribution in [2.24, 2.45) is 10.1 Å². The number of nitrogens with one attached hydrogen (secondary N) is 1. The van der Waals surface area contributed by atoms with Crippen molar-refractivity contribution < 1.29 is 22.8 Å². The lowest BCUT2D eigenvalue weighted by Crippen LogP contribution is -2.27. The molecule has 8 nitrogen and oxygen atoms in total. The summed E-state index contributed by atoms with van der Waals surface area (Å²) in [6, 6.07) is -1.34. The van der Waals surface area contributed by atoms with Gasteiger partial charge in [-0.05, 0) is 0 Å². The van der Waals surface area contributed by atoms with Crippen LogP contribution in [0, 0.1) is 0 Å². The molecule has 3 N–H and O–H groups in total. The molecule has 0 aromatic rings. The molecule has 0 fully saturated rings. The molecule has 0 bridgehead atoms. The van der Waals surface area contributed by atoms with E-state index >= 15 is 0 Å². The highest BCUT2D eigenvalue weighted by Gasteiger charge is 1.99. The Morgan fingerprint density at radius 2 is 2.00 bits per heavy atom. The lowest BCUT2D eigenvalue weighted by Gasteiger charge is -1.94. The zero-order valence-electron chi connectivity index (χ0n) is 4.97. The van der Waals surface area contributed by atoms with E-state index in [0.29, 0.717) is 0 Å². The molecule has 62 valence electrons. The third kappa shape index (κ3) is 6.24. The van der Waals surface area contributed by atoms with Gasteiger partial charge in [-0.2, -0.15) is 13.9 Å². The molecule has 3 amide bonds. The van der Waals surface area contributed by atoms with Crippen molar-refractivity contribution in [1.82, 2.24) is 5.48 Å². The second-order valence-electron chi connectivity index (χ2n) is 1.14. The summed E-state index contributed by atoms with van der Waals surface area (Å²) in [7, 11) is -2.88. The fourth-order valence-electron chi connectivity index (χ4n) is 0.180. The summed E-state index contributed by atoms with van der Waals surface area (Å²) in [6.07, 6.45) is -1.27. The fraction of sp³-hybridized carbons (Fsp3) is 0. The van der Waals surface area contributed by atoms with Gasteiger partial charge in [0, 0.05) is 0 Å². The number of hydrogen-bond donors (Lipinski definition) is 2. The van der Waals surface area contributed by atoms with Crippen LogP contribution in [0.3, 0.4) is 0 Å². The van der Waals surface area contributed by atoms with Gasteiger partial charge < -0.3 is 10.6 Å². The van der Waals surface area contributed by atoms with Crippen molar-refractivity contribution in [1.29, 1.82) is 0 Å². The van der Waals surface area contributed by atoms with E-state index in [4.69, 9.17) is 0 Å². The first-order valence-electron chi connectivity index (χ1n) is 2.09. The molecule has 0 aliphatic rings. The lowest BCUT2D eigenvalue weighted by molar-refractivity contribution is 0.112. The minimum absolute atomic E-state index is 1.27. The molecule has 0 saturated heterocycles. The van der Waals surface area contributed by atoms with Crippen molar-refractivity contribution in [2.75, 3.05) is 0 Å². The van der Waals surface area contributed by atoms with Gasteiger partial charge in [0.1, 0.15) is 0 Å². The summed E-state index contributed by atoms with van der Waals surface area (Å²) >= 11 is 0. The molecular weight excluding hydrogens is 178 g/mol. The van der Waals surface area contributed by atoms with Crippen molar-refractivity contribution in [3.8, 4) is 0 Å². The Hall–Kier alpha value is -1.64. The molecule has 0 radical (unpaired) electrons. The minimum atomic E-state index is -2.88. The molecule has 0 spiro atoms. The van der Waals surface area contributed by atoms with Gasteiger partial charge in [-0.1, -0.05) is 4.36 Å². The van der Waals surface area contributed by atoms with Crippen LogP contribution in [0.15, 0.2) is 4.36 Å². The van der Waals surface area contributed by atoms with E-state index in [2.05, 4.69) is 14.9 Å². The van der Waals surface area contributed by atoms with Gasteiger partial charge in [0.05, 0.1) is 0 Å². The van der Waals surface area contributed by atoms with Crippen molar-refractivity contribution in [3.63, 3.8) is 0 Å². The summed E-state index contributed by atoms with van der Waals surface area (Å²) < 4.78 is 21.7. The monoisotopic (exact) mass is 181 g/mol. The Morgan fingerprint density at radius 1 is 1.45 bits per heavy atom. The Kier molecular flexibility index (Phi) is 3.59. The van der Waals surface area contributed by atoms with Crippen LogP contribution in [0.4, 0.5) is 9.59 Å². The predicted molar refractivity (Wildman–Crippen MR) is 30.5 cm³/mol. The first-order valence-corrected chi connectivity index (χ1v) is 3.13. The van der Waals surface area contributed by atoms with Crippen LogP contribution in [-0.2, 0) is 15.3 Å². The van der Waals surface area contributed by atoms with E-state index in [1.807, 2.05) is 0 Å². The van der Waals surface area contributed by atoms with Crippen molar-refractivity contribution in [3.05, 3.63) is 0 Å². The van der Waals surface area contributed by atoms with Crippen LogP contribution in [0.2, 0.25) is 0 Å². The number of hydrogen-bond acceptors (Lipinski definition) is 5. The van der Waals surface area contributed by atoms with Crippen molar-refractivity contribution in [2.45, 2.75) is 0 Å². The highest BCUT2D eigenvalue weighted by molar-refractivity contribution is 7.62. The third-order valence-corrected chi connectivity index (χ3v) is 0.711. The molecule has 0 aliphatic carbocycles. The summed E-state index contributed by atoms with van der Waals surface area (Å²) in [6.45, 7) is 0. The van der Waals surface area contributed by atoms with Crippen LogP contribution in [0.5, 0.6) is 0 Å². The number of rotatable bonds is 0. The van der Waals surface area contributed by atoms with Crippen LogP contribution in [0.25, 0.3) is 0 Å². The number of hydroxylamine groups is 1. The quantitative estimate of drug-likeness (QED) is 0.452. The molecule has 0 aromatic heterocycles. The minimum Gasteiger partial charge on any atom is -0.333 e. The van der Waals surface area contributed by atoms with E-state index in [1.54, 1.807) is 0 Å². The maximum atomic E-state index is 10.2. The van der Waals surface area contributed by atoms with E-state index in [9.17, 15) is 18.0 Å². The van der Waals surface area contributed by atoms with Gasteiger partial charge in [-0.3, -0.25) is 0 Å². The Bertz CT molecular complexity index is 283. The second kappa shape index (κ2) is 4.22. The number of carbonyl (C=O) groups excluding carboxylic acids is 2. The molecule has 9 heteroatoms. The summed E-state index contributed by atoms with van der Waals surface area (Å²) in [5, 5.41) is 0. The molecule has 0 heterocycles. The summed E-state index contributed by atoms with van der Waals surface area (Å²) in [5.74, 6) is 0. The average molecular weight is 181 g/mol. The van der Waals surface area contributed by atoms with Crippen LogP contribution >= 0.6 is 0 Å². The molecule has 0 rings (SSSR count). The molecule has 11 heavy (non-hydrogen) atoms. The van der Waals surface area contributed by atoms with Crippen LogP contribution in [0.1, 0.15) is 0 Å². The zero-order chi connectivity index (χ0) is 8.85. The normalized spacial score (nSPS) is 8.00. The SMILES string of the molecule is NC(=O)ONC(=O)N=S(=O)=O. The summed E-state index contributed by atoms with van der Waals surface area (Å²) in [4.78, 5) is 23.6. The van der Waals surface area contributed by atoms with Gasteiger partial charge in [0.2, 0.25) is 0 Å². The van der Waals surface area contributed by atoms with Gasteiger partial charge in [-0.15, -0.1) is 0 Å². The largest absolute Gasteiger partial charge is 0.428 e. The number of nitrogens with two attached hydrogens (primary N) is 1. The highest BCUT2D eigenvalue weighted by Crippen LogP contribution is 1.73. The van der Waals surface area contributed by atoms with Gasteiger partial charge in [-0.25, -0.2) is 9.59 Å². The summed E-state index contributed by atoms with van der Waals surface area (Å²) in [5.41, 5.74) is 5.74. The zero-order valence-corrected chi connectivity index (χ0v) is 5.79. The number of nitrogens with zero attached hydrogens (tertiary/aromatic N) is 1. The van der Waals surface area contributed by atoms with Gasteiger partial charge >= 0.3 is 22.6 Å². The molecule has 0 atom stereocenters. The predicted octanol–water partition coefficient (Wildman–Crippen LogP) is -1.23. The highest BCUT2D eigenvalue weighted by atomic mass is 32.2. The number of carbonyl (C=O) groups is 2. The van der Waals surface area contributed by atoms with Crippen LogP contribution in [-0.4, -0.2) is 20.5 Å². The topological polar surface area (TPSA) is 128 Å². The molecule has 0 aromatic carbocycles. The first kappa shape index (κ1) is 9.36. The Morgan fingerprint density at radius 3 is 2.36 bits per heavy atom. The number of amides is 3. The smallest absolute Gasteiger partial charge is 0.333 e. The van der Waals surface area contributed by atoms with Gasteiger partial charge in [0.25, 0.3) is 0 Å². The van der Waals surface area contributed by atoms with E-state index < -0.39 is 22.6 Å². The Balaban J connectivity index is 3.91. The van der Waals surface area contributed by atoms with Gasteiger partial charge in [0.15, 0.2) is 0 Å². The standard InChI is InChI=1S/C2H3N3O5S/c3-1(6)10-4-2(7)5-11(8)9/h(H2,3,6)(H,4,7).